The highest BCUT2D eigenvalue weighted by Gasteiger charge is 2.38. The molecule has 0 unspecified atom stereocenters. The number of benzene rings is 1. The average Bonchev–Trinajstić information content (AvgIpc) is 2.91. The minimum absolute atomic E-state index is 0.0942. The topological polar surface area (TPSA) is 68.7 Å². The maximum absolute atomic E-state index is 12.5. The molecule has 0 radical (unpaired) electrons. The number of alkyl halides is 3. The van der Waals surface area contributed by atoms with Gasteiger partial charge in [-0.2, -0.15) is 0 Å². The summed E-state index contributed by atoms with van der Waals surface area (Å²) >= 11 is 0. The lowest BCUT2D eigenvalue weighted by Gasteiger charge is -2.15. The molecule has 3 rings (SSSR count). The predicted molar refractivity (Wildman–Crippen MR) is 93.1 cm³/mol. The molecule has 0 saturated carbocycles. The van der Waals surface area contributed by atoms with E-state index in [9.17, 15) is 22.8 Å². The van der Waals surface area contributed by atoms with E-state index in [0.717, 1.165) is 11.0 Å². The molecule has 9 heteroatoms. The molecule has 2 amide bonds. The minimum atomic E-state index is -4.81. The van der Waals surface area contributed by atoms with E-state index >= 15 is 0 Å². The molecule has 0 bridgehead atoms. The van der Waals surface area contributed by atoms with Gasteiger partial charge in [0.1, 0.15) is 11.5 Å². The molecule has 28 heavy (non-hydrogen) atoms. The molecule has 1 aliphatic heterocycles. The van der Waals surface area contributed by atoms with Gasteiger partial charge >= 0.3 is 6.36 Å². The molecule has 0 spiro atoms. The van der Waals surface area contributed by atoms with Crippen LogP contribution in [0.1, 0.15) is 25.3 Å². The molecular formula is C19H17F3N2O4. The molecule has 1 fully saturated rings. The fourth-order valence-electron chi connectivity index (χ4n) is 2.85. The summed E-state index contributed by atoms with van der Waals surface area (Å²) in [5.74, 6) is -1.07. The molecule has 2 aromatic rings. The van der Waals surface area contributed by atoms with Crippen molar-refractivity contribution < 1.29 is 32.2 Å². The Morgan fingerprint density at radius 1 is 1.21 bits per heavy atom. The van der Waals surface area contributed by atoms with Crippen molar-refractivity contribution in [1.82, 2.24) is 4.98 Å². The average molecular weight is 394 g/mol. The molecule has 0 aliphatic carbocycles. The van der Waals surface area contributed by atoms with E-state index in [1.54, 1.807) is 0 Å². The van der Waals surface area contributed by atoms with E-state index in [4.69, 9.17) is 4.74 Å². The highest BCUT2D eigenvalue weighted by atomic mass is 19.4. The summed E-state index contributed by atoms with van der Waals surface area (Å²) < 4.78 is 46.8. The van der Waals surface area contributed by atoms with Gasteiger partial charge in [-0.3, -0.25) is 9.59 Å². The third-order valence-electron chi connectivity index (χ3n) is 4.32. The Morgan fingerprint density at radius 3 is 2.54 bits per heavy atom. The zero-order valence-corrected chi connectivity index (χ0v) is 15.1. The van der Waals surface area contributed by atoms with Gasteiger partial charge in [0.15, 0.2) is 0 Å². The van der Waals surface area contributed by atoms with Crippen LogP contribution in [-0.2, 0) is 9.59 Å². The second-order valence-corrected chi connectivity index (χ2v) is 6.31. The van der Waals surface area contributed by atoms with Crippen molar-refractivity contribution in [3.8, 4) is 17.4 Å². The van der Waals surface area contributed by atoms with Crippen LogP contribution in [0.2, 0.25) is 0 Å². The maximum Gasteiger partial charge on any atom is 0.573 e. The van der Waals surface area contributed by atoms with Crippen LogP contribution in [0.25, 0.3) is 0 Å². The Balaban J connectivity index is 1.76. The number of nitrogens with zero attached hydrogens (tertiary/aromatic N) is 2. The zero-order valence-electron chi connectivity index (χ0n) is 15.1. The Bertz CT molecular complexity index is 897. The van der Waals surface area contributed by atoms with Crippen molar-refractivity contribution in [2.24, 2.45) is 5.92 Å². The van der Waals surface area contributed by atoms with Gasteiger partial charge in [0.2, 0.25) is 17.7 Å². The number of imide groups is 1. The van der Waals surface area contributed by atoms with Gasteiger partial charge < -0.3 is 9.47 Å². The molecular weight excluding hydrogens is 377 g/mol. The normalized spacial score (nSPS) is 17.2. The molecule has 148 valence electrons. The highest BCUT2D eigenvalue weighted by Crippen LogP contribution is 2.32. The van der Waals surface area contributed by atoms with Gasteiger partial charge in [-0.25, -0.2) is 9.88 Å². The molecule has 1 aliphatic rings. The molecule has 0 N–H and O–H groups in total. The van der Waals surface area contributed by atoms with Gasteiger partial charge in [-0.1, -0.05) is 13.0 Å². The van der Waals surface area contributed by atoms with Gasteiger partial charge in [-0.05, 0) is 31.0 Å². The monoisotopic (exact) mass is 394 g/mol. The van der Waals surface area contributed by atoms with Crippen LogP contribution in [0, 0.1) is 12.8 Å². The summed E-state index contributed by atoms with van der Waals surface area (Å²) in [5, 5.41) is 0. The SMILES string of the molecule is CC[C@H]1CC(=O)N(c2ccc(Oc3ccc(C)c(OC(F)(F)F)c3)nc2)C1=O. The highest BCUT2D eigenvalue weighted by molar-refractivity contribution is 6.20. The fraction of sp³-hybridized carbons (Fsp3) is 0.316. The van der Waals surface area contributed by atoms with E-state index in [-0.39, 0.29) is 41.5 Å². The molecule has 1 saturated heterocycles. The summed E-state index contributed by atoms with van der Waals surface area (Å²) in [6.45, 7) is 3.32. The van der Waals surface area contributed by atoms with Crippen LogP contribution in [0.5, 0.6) is 17.4 Å². The number of ether oxygens (including phenoxy) is 2. The first-order chi connectivity index (χ1) is 13.2. The number of anilines is 1. The van der Waals surface area contributed by atoms with Crippen molar-refractivity contribution in [2.75, 3.05) is 4.90 Å². The van der Waals surface area contributed by atoms with Crippen LogP contribution >= 0.6 is 0 Å². The van der Waals surface area contributed by atoms with Gasteiger partial charge in [0.25, 0.3) is 0 Å². The van der Waals surface area contributed by atoms with E-state index in [1.165, 1.54) is 37.4 Å². The van der Waals surface area contributed by atoms with E-state index in [2.05, 4.69) is 9.72 Å². The number of carbonyl (C=O) groups is 2. The third kappa shape index (κ3) is 4.24. The first-order valence-electron chi connectivity index (χ1n) is 8.55. The number of aromatic nitrogens is 1. The van der Waals surface area contributed by atoms with Crippen LogP contribution in [0.4, 0.5) is 18.9 Å². The second kappa shape index (κ2) is 7.49. The Labute approximate surface area is 158 Å². The van der Waals surface area contributed by atoms with Crippen molar-refractivity contribution in [1.29, 1.82) is 0 Å². The molecule has 2 heterocycles. The third-order valence-corrected chi connectivity index (χ3v) is 4.32. The number of rotatable bonds is 5. The van der Waals surface area contributed by atoms with Crippen molar-refractivity contribution in [3.63, 3.8) is 0 Å². The van der Waals surface area contributed by atoms with Crippen LogP contribution in [0.15, 0.2) is 36.5 Å². The number of carbonyl (C=O) groups excluding carboxylic acids is 2. The summed E-state index contributed by atoms with van der Waals surface area (Å²) in [6, 6.07) is 6.94. The van der Waals surface area contributed by atoms with Crippen LogP contribution in [-0.4, -0.2) is 23.2 Å². The number of amides is 2. The summed E-state index contributed by atoms with van der Waals surface area (Å²) in [5.41, 5.74) is 0.618. The lowest BCUT2D eigenvalue weighted by atomic mass is 10.1. The first kappa shape index (κ1) is 19.7. The van der Waals surface area contributed by atoms with Gasteiger partial charge in [0.05, 0.1) is 11.9 Å². The number of hydrogen-bond acceptors (Lipinski definition) is 5. The van der Waals surface area contributed by atoms with E-state index < -0.39 is 6.36 Å². The Kier molecular flexibility index (Phi) is 5.26. The van der Waals surface area contributed by atoms with Gasteiger partial charge in [-0.15, -0.1) is 13.2 Å². The number of hydrogen-bond donors (Lipinski definition) is 0. The number of halogens is 3. The smallest absolute Gasteiger partial charge is 0.439 e. The van der Waals surface area contributed by atoms with Crippen molar-refractivity contribution >= 4 is 17.5 Å². The molecule has 1 aromatic carbocycles. The summed E-state index contributed by atoms with van der Waals surface area (Å²) in [6.07, 6.45) is -2.76. The summed E-state index contributed by atoms with van der Waals surface area (Å²) in [4.78, 5) is 29.4. The maximum atomic E-state index is 12.5. The molecule has 6 nitrogen and oxygen atoms in total. The lowest BCUT2D eigenvalue weighted by Crippen LogP contribution is -2.30. The second-order valence-electron chi connectivity index (χ2n) is 6.31. The quantitative estimate of drug-likeness (QED) is 0.705. The van der Waals surface area contributed by atoms with Crippen molar-refractivity contribution in [2.45, 2.75) is 33.1 Å². The van der Waals surface area contributed by atoms with Gasteiger partial charge in [0, 0.05) is 24.5 Å². The van der Waals surface area contributed by atoms with E-state index in [0.29, 0.717) is 17.7 Å². The number of pyridine rings is 1. The minimum Gasteiger partial charge on any atom is -0.439 e. The largest absolute Gasteiger partial charge is 0.573 e. The predicted octanol–water partition coefficient (Wildman–Crippen LogP) is 4.37. The Hall–Kier alpha value is -3.10. The fourth-order valence-corrected chi connectivity index (χ4v) is 2.85. The van der Waals surface area contributed by atoms with Crippen LogP contribution < -0.4 is 14.4 Å². The zero-order chi connectivity index (χ0) is 20.5. The van der Waals surface area contributed by atoms with Crippen LogP contribution in [0.3, 0.4) is 0 Å². The molecule has 1 aromatic heterocycles. The van der Waals surface area contributed by atoms with E-state index in [1.807, 2.05) is 6.92 Å². The Morgan fingerprint density at radius 2 is 1.96 bits per heavy atom. The summed E-state index contributed by atoms with van der Waals surface area (Å²) in [7, 11) is 0. The van der Waals surface area contributed by atoms with Crippen molar-refractivity contribution in [3.05, 3.63) is 42.1 Å². The molecule has 1 atom stereocenters. The number of aryl methyl sites for hydroxylation is 1. The first-order valence-corrected chi connectivity index (χ1v) is 8.55. The standard InChI is InChI=1S/C19H17F3N2O4/c1-3-12-8-17(25)24(18(12)26)13-5-7-16(23-10-13)27-14-6-4-11(2)15(9-14)28-19(20,21)22/h4-7,9-10,12H,3,8H2,1-2H3/t12-/m0/s1. The lowest BCUT2D eigenvalue weighted by molar-refractivity contribution is -0.274.